The molecule has 0 bridgehead atoms. The van der Waals surface area contributed by atoms with Gasteiger partial charge in [0.2, 0.25) is 0 Å². The highest BCUT2D eigenvalue weighted by Crippen LogP contribution is 2.30. The van der Waals surface area contributed by atoms with Gasteiger partial charge in [0, 0.05) is 18.9 Å². The van der Waals surface area contributed by atoms with Crippen molar-refractivity contribution in [3.63, 3.8) is 0 Å². The lowest BCUT2D eigenvalue weighted by Crippen LogP contribution is -2.08. The molecule has 0 unspecified atom stereocenters. The summed E-state index contributed by atoms with van der Waals surface area (Å²) in [5.41, 5.74) is 3.32. The zero-order chi connectivity index (χ0) is 22.4. The number of ether oxygens (including phenoxy) is 2. The third kappa shape index (κ3) is 6.39. The van der Waals surface area contributed by atoms with Gasteiger partial charge in [0.25, 0.3) is 0 Å². The normalized spacial score (nSPS) is 11.4. The first-order valence-corrected chi connectivity index (χ1v) is 12.0. The third-order valence-corrected chi connectivity index (χ3v) is 6.34. The lowest BCUT2D eigenvalue weighted by Gasteiger charge is -2.11. The van der Waals surface area contributed by atoms with E-state index in [1.54, 1.807) is 36.9 Å². The summed E-state index contributed by atoms with van der Waals surface area (Å²) in [6.45, 7) is 7.64. The van der Waals surface area contributed by atoms with Gasteiger partial charge in [-0.25, -0.2) is 9.78 Å². The molecule has 166 valence electrons. The lowest BCUT2D eigenvalue weighted by atomic mass is 10.2. The topological polar surface area (TPSA) is 53.3 Å². The molecule has 0 atom stereocenters. The number of aryl methyl sites for hydroxylation is 1. The van der Waals surface area contributed by atoms with Crippen molar-refractivity contribution in [3.8, 4) is 0 Å². The van der Waals surface area contributed by atoms with Crippen LogP contribution in [0.2, 0.25) is 10.0 Å². The summed E-state index contributed by atoms with van der Waals surface area (Å²) < 4.78 is 13.0. The predicted octanol–water partition coefficient (Wildman–Crippen LogP) is 6.63. The zero-order valence-electron chi connectivity index (χ0n) is 17.9. The molecule has 1 heterocycles. The highest BCUT2D eigenvalue weighted by Gasteiger charge is 2.15. The number of hydrogen-bond acceptors (Lipinski definition) is 5. The van der Waals surface area contributed by atoms with Crippen molar-refractivity contribution >= 4 is 52.0 Å². The maximum Gasteiger partial charge on any atom is 0.338 e. The number of hydrogen-bond donors (Lipinski definition) is 0. The maximum atomic E-state index is 12.1. The molecule has 31 heavy (non-hydrogen) atoms. The molecule has 0 spiro atoms. The minimum atomic E-state index is -0.339. The van der Waals surface area contributed by atoms with E-state index in [-0.39, 0.29) is 12.1 Å². The minimum Gasteiger partial charge on any atom is -0.462 e. The smallest absolute Gasteiger partial charge is 0.338 e. The molecular weight excluding hydrogens is 455 g/mol. The number of halogens is 2. The van der Waals surface area contributed by atoms with Crippen molar-refractivity contribution in [1.29, 1.82) is 0 Å². The highest BCUT2D eigenvalue weighted by atomic mass is 35.5. The van der Waals surface area contributed by atoms with Gasteiger partial charge in [-0.3, -0.25) is 0 Å². The molecule has 0 aliphatic heterocycles. The van der Waals surface area contributed by atoms with Crippen LogP contribution >= 0.6 is 35.0 Å². The Balaban J connectivity index is 1.85. The largest absolute Gasteiger partial charge is 0.462 e. The molecule has 0 N–H and O–H groups in total. The van der Waals surface area contributed by atoms with Crippen LogP contribution in [0, 0.1) is 0 Å². The van der Waals surface area contributed by atoms with Gasteiger partial charge >= 0.3 is 5.97 Å². The number of imidazole rings is 1. The SMILES string of the molecule is CCOC(=O)c1ccc2c(c1)nc(SCc1ccc(Cl)c(Cl)c1)n2CCCOC(C)C. The van der Waals surface area contributed by atoms with Gasteiger partial charge in [-0.15, -0.1) is 0 Å². The molecule has 2 aromatic carbocycles. The average Bonchev–Trinajstić information content (AvgIpc) is 3.08. The first-order valence-electron chi connectivity index (χ1n) is 10.2. The predicted molar refractivity (Wildman–Crippen MR) is 127 cm³/mol. The first kappa shape index (κ1) is 23.9. The number of carbonyl (C=O) groups excluding carboxylic acids is 1. The van der Waals surface area contributed by atoms with E-state index in [4.69, 9.17) is 37.7 Å². The van der Waals surface area contributed by atoms with Crippen molar-refractivity contribution in [1.82, 2.24) is 9.55 Å². The highest BCUT2D eigenvalue weighted by molar-refractivity contribution is 7.98. The first-order chi connectivity index (χ1) is 14.9. The second kappa shape index (κ2) is 11.2. The molecule has 0 aliphatic rings. The van der Waals surface area contributed by atoms with Crippen LogP contribution in [0.1, 0.15) is 43.1 Å². The van der Waals surface area contributed by atoms with Gasteiger partial charge < -0.3 is 14.0 Å². The second-order valence-corrected chi connectivity index (χ2v) is 9.04. The molecule has 0 radical (unpaired) electrons. The summed E-state index contributed by atoms with van der Waals surface area (Å²) in [7, 11) is 0. The van der Waals surface area contributed by atoms with Crippen molar-refractivity contribution < 1.29 is 14.3 Å². The summed E-state index contributed by atoms with van der Waals surface area (Å²) in [4.78, 5) is 16.9. The molecule has 0 fully saturated rings. The molecular formula is C23H26Cl2N2O3S. The maximum absolute atomic E-state index is 12.1. The van der Waals surface area contributed by atoms with Crippen LogP contribution in [-0.4, -0.2) is 34.8 Å². The van der Waals surface area contributed by atoms with Crippen LogP contribution in [0.4, 0.5) is 0 Å². The summed E-state index contributed by atoms with van der Waals surface area (Å²) in [5, 5.41) is 1.96. The molecule has 1 aromatic heterocycles. The van der Waals surface area contributed by atoms with Crippen molar-refractivity contribution in [2.24, 2.45) is 0 Å². The molecule has 0 saturated carbocycles. The Hall–Kier alpha value is -1.73. The zero-order valence-corrected chi connectivity index (χ0v) is 20.2. The van der Waals surface area contributed by atoms with Gasteiger partial charge in [0.1, 0.15) is 0 Å². The van der Waals surface area contributed by atoms with Gasteiger partial charge in [0.05, 0.1) is 39.4 Å². The van der Waals surface area contributed by atoms with Gasteiger partial charge in [-0.1, -0.05) is 41.0 Å². The number of fused-ring (bicyclic) bond motifs is 1. The number of thioether (sulfide) groups is 1. The van der Waals surface area contributed by atoms with Crippen molar-refractivity contribution in [2.45, 2.75) is 50.8 Å². The fourth-order valence-electron chi connectivity index (χ4n) is 3.09. The number of carbonyl (C=O) groups is 1. The van der Waals surface area contributed by atoms with Crippen LogP contribution in [0.3, 0.4) is 0 Å². The summed E-state index contributed by atoms with van der Waals surface area (Å²) in [5.74, 6) is 0.363. The van der Waals surface area contributed by atoms with Gasteiger partial charge in [-0.05, 0) is 63.1 Å². The van der Waals surface area contributed by atoms with E-state index < -0.39 is 0 Å². The fourth-order valence-corrected chi connectivity index (χ4v) is 4.40. The number of benzene rings is 2. The van der Waals surface area contributed by atoms with E-state index >= 15 is 0 Å². The van der Waals surface area contributed by atoms with Crippen LogP contribution in [0.5, 0.6) is 0 Å². The van der Waals surface area contributed by atoms with Gasteiger partial charge in [0.15, 0.2) is 5.16 Å². The third-order valence-electron chi connectivity index (χ3n) is 4.55. The Morgan fingerprint density at radius 1 is 1.16 bits per heavy atom. The molecule has 5 nitrogen and oxygen atoms in total. The lowest BCUT2D eigenvalue weighted by molar-refractivity contribution is 0.0526. The van der Waals surface area contributed by atoms with E-state index in [2.05, 4.69) is 4.57 Å². The molecule has 0 aliphatic carbocycles. The Bertz CT molecular complexity index is 1050. The molecule has 8 heteroatoms. The monoisotopic (exact) mass is 480 g/mol. The molecule has 0 saturated heterocycles. The van der Waals surface area contributed by atoms with E-state index in [0.717, 1.165) is 34.7 Å². The molecule has 3 aromatic rings. The van der Waals surface area contributed by atoms with Crippen LogP contribution in [0.25, 0.3) is 11.0 Å². The number of nitrogens with zero attached hydrogens (tertiary/aromatic N) is 2. The number of esters is 1. The summed E-state index contributed by atoms with van der Waals surface area (Å²) >= 11 is 13.8. The van der Waals surface area contributed by atoms with Gasteiger partial charge in [-0.2, -0.15) is 0 Å². The van der Waals surface area contributed by atoms with E-state index in [1.807, 2.05) is 32.0 Å². The number of rotatable bonds is 10. The minimum absolute atomic E-state index is 0.204. The Morgan fingerprint density at radius 2 is 1.97 bits per heavy atom. The van der Waals surface area contributed by atoms with Crippen LogP contribution in [-0.2, 0) is 21.8 Å². The quantitative estimate of drug-likeness (QED) is 0.185. The Kier molecular flexibility index (Phi) is 8.67. The Labute approximate surface area is 197 Å². The standard InChI is InChI=1S/C23H26Cl2N2O3S/c1-4-29-22(28)17-7-9-21-20(13-17)26-23(27(21)10-5-11-30-15(2)3)31-14-16-6-8-18(24)19(25)12-16/h6-9,12-13,15H,4-5,10-11,14H2,1-3H3. The van der Waals surface area contributed by atoms with Crippen LogP contribution < -0.4 is 0 Å². The number of aromatic nitrogens is 2. The molecule has 3 rings (SSSR count). The molecule has 0 amide bonds. The van der Waals surface area contributed by atoms with E-state index in [9.17, 15) is 4.79 Å². The summed E-state index contributed by atoms with van der Waals surface area (Å²) in [6, 6.07) is 11.1. The van der Waals surface area contributed by atoms with Crippen molar-refractivity contribution in [2.75, 3.05) is 13.2 Å². The Morgan fingerprint density at radius 3 is 2.68 bits per heavy atom. The van der Waals surface area contributed by atoms with Crippen molar-refractivity contribution in [3.05, 3.63) is 57.6 Å². The van der Waals surface area contributed by atoms with E-state index in [0.29, 0.717) is 34.6 Å². The fraction of sp³-hybridized carbons (Fsp3) is 0.391. The average molecular weight is 481 g/mol. The van der Waals surface area contributed by atoms with E-state index in [1.165, 1.54) is 0 Å². The summed E-state index contributed by atoms with van der Waals surface area (Å²) in [6.07, 6.45) is 1.07. The second-order valence-electron chi connectivity index (χ2n) is 7.28. The van der Waals surface area contributed by atoms with Crippen LogP contribution in [0.15, 0.2) is 41.6 Å².